The molecule has 3 amide bonds. The van der Waals surface area contributed by atoms with E-state index in [9.17, 15) is 18.8 Å². The van der Waals surface area contributed by atoms with Gasteiger partial charge in [0.15, 0.2) is 18.1 Å². The van der Waals surface area contributed by atoms with Crippen LogP contribution >= 0.6 is 0 Å². The molecule has 3 aromatic carbocycles. The van der Waals surface area contributed by atoms with Gasteiger partial charge in [0, 0.05) is 11.3 Å². The molecule has 0 saturated carbocycles. The quantitative estimate of drug-likeness (QED) is 0.139. The molecule has 226 valence electrons. The number of carbonyl (C=O) groups excluding carboxylic acids is 3. The maximum atomic E-state index is 13.1. The first-order valence-electron chi connectivity index (χ1n) is 13.6. The van der Waals surface area contributed by atoms with Crippen LogP contribution < -0.4 is 30.3 Å². The molecular weight excluding hydrogens is 555 g/mol. The highest BCUT2D eigenvalue weighted by Crippen LogP contribution is 2.33. The van der Waals surface area contributed by atoms with Crippen molar-refractivity contribution in [2.45, 2.75) is 32.7 Å². The Bertz CT molecular complexity index is 1440. The summed E-state index contributed by atoms with van der Waals surface area (Å²) in [6, 6.07) is 15.1. The van der Waals surface area contributed by atoms with Crippen molar-refractivity contribution in [2.24, 2.45) is 5.10 Å². The average molecular weight is 591 g/mol. The van der Waals surface area contributed by atoms with Crippen molar-refractivity contribution in [3.8, 4) is 17.2 Å². The maximum absolute atomic E-state index is 13.1. The van der Waals surface area contributed by atoms with Crippen LogP contribution in [0.3, 0.4) is 0 Å². The number of hydrogen-bond donors (Lipinski definition) is 3. The topological polar surface area (TPSA) is 127 Å². The van der Waals surface area contributed by atoms with E-state index in [2.05, 4.69) is 27.7 Å². The number of benzene rings is 3. The Hall–Kier alpha value is -5.19. The molecule has 1 atom stereocenters. The number of allylic oxidation sites excluding steroid dienone is 1. The Kier molecular flexibility index (Phi) is 12.3. The van der Waals surface area contributed by atoms with Crippen LogP contribution in [0.5, 0.6) is 17.2 Å². The van der Waals surface area contributed by atoms with Gasteiger partial charge < -0.3 is 24.8 Å². The number of rotatable bonds is 15. The summed E-state index contributed by atoms with van der Waals surface area (Å²) >= 11 is 0. The Morgan fingerprint density at radius 2 is 1.74 bits per heavy atom. The largest absolute Gasteiger partial charge is 0.497 e. The van der Waals surface area contributed by atoms with Crippen molar-refractivity contribution in [1.29, 1.82) is 0 Å². The Labute approximate surface area is 249 Å². The van der Waals surface area contributed by atoms with E-state index in [1.54, 1.807) is 56.5 Å². The van der Waals surface area contributed by atoms with E-state index in [1.807, 2.05) is 6.92 Å². The molecule has 0 heterocycles. The second-order valence-electron chi connectivity index (χ2n) is 9.33. The molecule has 0 aliphatic heterocycles. The van der Waals surface area contributed by atoms with E-state index >= 15 is 0 Å². The highest BCUT2D eigenvalue weighted by molar-refractivity contribution is 5.92. The molecule has 0 radical (unpaired) electrons. The summed E-state index contributed by atoms with van der Waals surface area (Å²) in [6.45, 7) is 7.17. The van der Waals surface area contributed by atoms with E-state index in [-0.39, 0.29) is 18.9 Å². The predicted octanol–water partition coefficient (Wildman–Crippen LogP) is 4.18. The van der Waals surface area contributed by atoms with Crippen LogP contribution in [0.15, 0.2) is 78.4 Å². The average Bonchev–Trinajstić information content (AvgIpc) is 2.98. The molecule has 11 heteroatoms. The summed E-state index contributed by atoms with van der Waals surface area (Å²) in [5, 5.41) is 9.33. The van der Waals surface area contributed by atoms with E-state index in [0.717, 1.165) is 5.56 Å². The van der Waals surface area contributed by atoms with Gasteiger partial charge in [-0.25, -0.2) is 9.82 Å². The molecule has 3 rings (SSSR count). The third kappa shape index (κ3) is 10.3. The van der Waals surface area contributed by atoms with Crippen LogP contribution in [0.2, 0.25) is 0 Å². The molecule has 3 N–H and O–H groups in total. The lowest BCUT2D eigenvalue weighted by atomic mass is 10.1. The molecule has 0 aliphatic rings. The van der Waals surface area contributed by atoms with Gasteiger partial charge in [-0.15, -0.1) is 6.58 Å². The molecule has 0 bridgehead atoms. The van der Waals surface area contributed by atoms with Crippen molar-refractivity contribution in [2.75, 3.05) is 25.6 Å². The molecule has 1 unspecified atom stereocenters. The minimum absolute atomic E-state index is 0.111. The van der Waals surface area contributed by atoms with Gasteiger partial charge in [-0.1, -0.05) is 18.2 Å². The number of carbonyl (C=O) groups is 3. The number of hydrogen-bond acceptors (Lipinski definition) is 7. The smallest absolute Gasteiger partial charge is 0.262 e. The van der Waals surface area contributed by atoms with Gasteiger partial charge in [0.2, 0.25) is 5.91 Å². The van der Waals surface area contributed by atoms with Gasteiger partial charge in [-0.2, -0.15) is 5.10 Å². The Morgan fingerprint density at radius 3 is 2.40 bits per heavy atom. The van der Waals surface area contributed by atoms with Gasteiger partial charge in [0.05, 0.1) is 26.4 Å². The first-order valence-corrected chi connectivity index (χ1v) is 13.6. The SMILES string of the molecule is C=CCc1cc(C=NNC(=O)C(C)NC(=O)Cc2ccc(OC)cc2)cc(OCC)c1OCC(=O)Nc1ccc(F)cc1. The first kappa shape index (κ1) is 32.3. The van der Waals surface area contributed by atoms with E-state index in [4.69, 9.17) is 14.2 Å². The summed E-state index contributed by atoms with van der Waals surface area (Å²) in [5.74, 6) is -0.217. The zero-order valence-electron chi connectivity index (χ0n) is 24.3. The minimum atomic E-state index is -0.824. The van der Waals surface area contributed by atoms with Crippen molar-refractivity contribution in [3.63, 3.8) is 0 Å². The highest BCUT2D eigenvalue weighted by atomic mass is 19.1. The molecule has 0 aromatic heterocycles. The lowest BCUT2D eigenvalue weighted by Gasteiger charge is -2.16. The van der Waals surface area contributed by atoms with Gasteiger partial charge in [-0.05, 0) is 79.9 Å². The number of amides is 3. The number of hydrazone groups is 1. The van der Waals surface area contributed by atoms with Crippen LogP contribution in [0.25, 0.3) is 0 Å². The maximum Gasteiger partial charge on any atom is 0.262 e. The highest BCUT2D eigenvalue weighted by Gasteiger charge is 2.17. The monoisotopic (exact) mass is 590 g/mol. The fourth-order valence-corrected chi connectivity index (χ4v) is 3.91. The van der Waals surface area contributed by atoms with Crippen molar-refractivity contribution < 1.29 is 33.0 Å². The second-order valence-corrected chi connectivity index (χ2v) is 9.33. The van der Waals surface area contributed by atoms with Gasteiger partial charge >= 0.3 is 0 Å². The molecule has 0 saturated heterocycles. The number of ether oxygens (including phenoxy) is 3. The lowest BCUT2D eigenvalue weighted by molar-refractivity contribution is -0.128. The molecule has 43 heavy (non-hydrogen) atoms. The van der Waals surface area contributed by atoms with Crippen LogP contribution in [-0.2, 0) is 27.2 Å². The van der Waals surface area contributed by atoms with Crippen molar-refractivity contribution >= 4 is 29.6 Å². The van der Waals surface area contributed by atoms with Crippen molar-refractivity contribution in [3.05, 3.63) is 95.8 Å². The summed E-state index contributed by atoms with van der Waals surface area (Å²) in [7, 11) is 1.56. The normalized spacial score (nSPS) is 11.3. The van der Waals surface area contributed by atoms with E-state index < -0.39 is 23.7 Å². The minimum Gasteiger partial charge on any atom is -0.497 e. The van der Waals surface area contributed by atoms with Crippen molar-refractivity contribution in [1.82, 2.24) is 10.7 Å². The molecule has 0 aliphatic carbocycles. The number of methoxy groups -OCH3 is 1. The number of nitrogens with one attached hydrogen (secondary N) is 3. The summed E-state index contributed by atoms with van der Waals surface area (Å²) < 4.78 is 29.8. The lowest BCUT2D eigenvalue weighted by Crippen LogP contribution is -2.43. The fraction of sp³-hybridized carbons (Fsp3) is 0.250. The van der Waals surface area contributed by atoms with Gasteiger partial charge in [0.1, 0.15) is 17.6 Å². The van der Waals surface area contributed by atoms with Crippen LogP contribution in [0.1, 0.15) is 30.5 Å². The molecule has 0 spiro atoms. The number of nitrogens with zero attached hydrogens (tertiary/aromatic N) is 1. The molecule has 0 fully saturated rings. The molecule has 10 nitrogen and oxygen atoms in total. The fourth-order valence-electron chi connectivity index (χ4n) is 3.91. The van der Waals surface area contributed by atoms with Gasteiger partial charge in [0.25, 0.3) is 11.8 Å². The Morgan fingerprint density at radius 1 is 1.02 bits per heavy atom. The number of halogens is 1. The second kappa shape index (κ2) is 16.3. The van der Waals surface area contributed by atoms with Crippen LogP contribution in [-0.4, -0.2) is 50.3 Å². The Balaban J connectivity index is 1.62. The third-order valence-electron chi connectivity index (χ3n) is 5.98. The number of anilines is 1. The summed E-state index contributed by atoms with van der Waals surface area (Å²) in [6.07, 6.45) is 3.62. The van der Waals surface area contributed by atoms with E-state index in [0.29, 0.717) is 47.1 Å². The van der Waals surface area contributed by atoms with Crippen LogP contribution in [0, 0.1) is 5.82 Å². The van der Waals surface area contributed by atoms with E-state index in [1.165, 1.54) is 30.5 Å². The first-order chi connectivity index (χ1) is 20.7. The summed E-state index contributed by atoms with van der Waals surface area (Å²) in [5.41, 5.74) is 4.93. The predicted molar refractivity (Wildman–Crippen MR) is 162 cm³/mol. The molecular formula is C32H35FN4O6. The zero-order chi connectivity index (χ0) is 31.2. The van der Waals surface area contributed by atoms with Crippen LogP contribution in [0.4, 0.5) is 10.1 Å². The zero-order valence-corrected chi connectivity index (χ0v) is 24.3. The van der Waals surface area contributed by atoms with Gasteiger partial charge in [-0.3, -0.25) is 14.4 Å². The third-order valence-corrected chi connectivity index (χ3v) is 5.98. The summed E-state index contributed by atoms with van der Waals surface area (Å²) in [4.78, 5) is 37.3. The standard InChI is InChI=1S/C32H35FN4O6/c1-5-7-24-16-23(17-28(42-6-2)31(24)43-20-30(39)36-26-12-10-25(33)11-13-26)19-34-37-32(40)21(3)35-29(38)18-22-8-14-27(41-4)15-9-22/h5,8-17,19,21H,1,6-7,18,20H2,2-4H3,(H,35,38)(H,36,39)(H,37,40). The molecule has 3 aromatic rings.